The zero-order valence-corrected chi connectivity index (χ0v) is 13.5. The van der Waals surface area contributed by atoms with Gasteiger partial charge in [-0.05, 0) is 39.5 Å². The Morgan fingerprint density at radius 3 is 2.35 bits per heavy atom. The lowest BCUT2D eigenvalue weighted by Crippen LogP contribution is -2.47. The van der Waals surface area contributed by atoms with Gasteiger partial charge in [-0.15, -0.1) is 0 Å². The van der Waals surface area contributed by atoms with Gasteiger partial charge in [-0.2, -0.15) is 0 Å². The van der Waals surface area contributed by atoms with Crippen LogP contribution < -0.4 is 10.6 Å². The molecule has 0 spiro atoms. The maximum atomic E-state index is 11.7. The Bertz CT molecular complexity index is 320. The quantitative estimate of drug-likeness (QED) is 0.668. The molecule has 0 bridgehead atoms. The zero-order valence-electron chi connectivity index (χ0n) is 13.5. The van der Waals surface area contributed by atoms with Crippen molar-refractivity contribution in [2.45, 2.75) is 59.1 Å². The third-order valence-electron chi connectivity index (χ3n) is 3.33. The van der Waals surface area contributed by atoms with Crippen molar-refractivity contribution in [3.8, 4) is 0 Å². The van der Waals surface area contributed by atoms with Crippen LogP contribution in [0.2, 0.25) is 0 Å². The van der Waals surface area contributed by atoms with Crippen LogP contribution in [0.25, 0.3) is 0 Å². The van der Waals surface area contributed by atoms with E-state index in [4.69, 9.17) is 4.74 Å². The number of alkyl carbamates (subject to hydrolysis) is 1. The summed E-state index contributed by atoms with van der Waals surface area (Å²) in [7, 11) is 0. The Morgan fingerprint density at radius 1 is 1.30 bits per heavy atom. The van der Waals surface area contributed by atoms with Crippen LogP contribution in [0.3, 0.4) is 0 Å². The van der Waals surface area contributed by atoms with E-state index in [2.05, 4.69) is 10.6 Å². The van der Waals surface area contributed by atoms with Crippen LogP contribution in [0.4, 0.5) is 4.79 Å². The number of nitrogens with one attached hydrogen (secondary N) is 2. The van der Waals surface area contributed by atoms with Gasteiger partial charge in [-0.25, -0.2) is 4.79 Å². The van der Waals surface area contributed by atoms with Gasteiger partial charge in [0, 0.05) is 31.2 Å². The summed E-state index contributed by atoms with van der Waals surface area (Å²) >= 11 is 0. The summed E-state index contributed by atoms with van der Waals surface area (Å²) in [5.74, 6) is 0.624. The van der Waals surface area contributed by atoms with Gasteiger partial charge in [0.15, 0.2) is 0 Å². The minimum atomic E-state index is -0.467. The van der Waals surface area contributed by atoms with E-state index in [0.717, 1.165) is 6.54 Å². The van der Waals surface area contributed by atoms with Crippen LogP contribution >= 0.6 is 0 Å². The predicted octanol–water partition coefficient (Wildman–Crippen LogP) is 1.90. The maximum Gasteiger partial charge on any atom is 0.407 e. The van der Waals surface area contributed by atoms with Crippen molar-refractivity contribution in [3.05, 3.63) is 0 Å². The minimum Gasteiger partial charge on any atom is -0.444 e. The third kappa shape index (κ3) is 7.10. The van der Waals surface area contributed by atoms with Gasteiger partial charge in [0.05, 0.1) is 0 Å². The van der Waals surface area contributed by atoms with Crippen LogP contribution in [0.5, 0.6) is 0 Å². The highest BCUT2D eigenvalue weighted by Crippen LogP contribution is 2.32. The van der Waals surface area contributed by atoms with Crippen molar-refractivity contribution in [2.75, 3.05) is 19.7 Å². The average molecular weight is 286 g/mol. The van der Waals surface area contributed by atoms with Gasteiger partial charge < -0.3 is 20.5 Å². The first kappa shape index (κ1) is 17.2. The van der Waals surface area contributed by atoms with Crippen LogP contribution in [-0.2, 0) is 4.74 Å². The molecule has 1 aliphatic rings. The van der Waals surface area contributed by atoms with E-state index in [-0.39, 0.29) is 24.2 Å². The average Bonchev–Trinajstić information content (AvgIpc) is 3.10. The smallest absolute Gasteiger partial charge is 0.407 e. The molecule has 1 saturated carbocycles. The number of amides is 1. The number of aliphatic hydroxyl groups excluding tert-OH is 1. The van der Waals surface area contributed by atoms with Gasteiger partial charge in [-0.1, -0.05) is 13.8 Å². The third-order valence-corrected chi connectivity index (χ3v) is 3.33. The molecule has 3 N–H and O–H groups in total. The van der Waals surface area contributed by atoms with Gasteiger partial charge in [0.1, 0.15) is 5.60 Å². The summed E-state index contributed by atoms with van der Waals surface area (Å²) in [5, 5.41) is 15.6. The van der Waals surface area contributed by atoms with Crippen molar-refractivity contribution in [1.29, 1.82) is 0 Å². The first-order valence-electron chi connectivity index (χ1n) is 7.44. The monoisotopic (exact) mass is 286 g/mol. The van der Waals surface area contributed by atoms with E-state index >= 15 is 0 Å². The molecule has 1 amide bonds. The molecule has 1 aliphatic carbocycles. The molecule has 0 radical (unpaired) electrons. The molecule has 0 aromatic rings. The highest BCUT2D eigenvalue weighted by molar-refractivity contribution is 5.67. The molecule has 1 fully saturated rings. The summed E-state index contributed by atoms with van der Waals surface area (Å²) in [6.07, 6.45) is 2.03. The molecule has 0 aliphatic heterocycles. The molecule has 0 heterocycles. The summed E-state index contributed by atoms with van der Waals surface area (Å²) in [4.78, 5) is 11.7. The van der Waals surface area contributed by atoms with E-state index < -0.39 is 5.60 Å². The van der Waals surface area contributed by atoms with E-state index in [9.17, 15) is 9.90 Å². The number of ether oxygens (including phenoxy) is 1. The van der Waals surface area contributed by atoms with E-state index in [1.54, 1.807) is 0 Å². The Morgan fingerprint density at radius 2 is 1.90 bits per heavy atom. The van der Waals surface area contributed by atoms with E-state index in [1.807, 2.05) is 34.6 Å². The molecular formula is C15H30N2O3. The fourth-order valence-corrected chi connectivity index (χ4v) is 1.87. The fraction of sp³-hybridized carbons (Fsp3) is 0.933. The summed E-state index contributed by atoms with van der Waals surface area (Å²) in [6, 6.07) is 0.258. The first-order chi connectivity index (χ1) is 9.13. The highest BCUT2D eigenvalue weighted by atomic mass is 16.6. The Labute approximate surface area is 122 Å². The topological polar surface area (TPSA) is 70.6 Å². The number of hydrogen-bond donors (Lipinski definition) is 3. The molecular weight excluding hydrogens is 256 g/mol. The molecule has 0 saturated heterocycles. The van der Waals surface area contributed by atoms with Crippen LogP contribution in [-0.4, -0.2) is 42.5 Å². The Kier molecular flexibility index (Phi) is 5.83. The standard InChI is InChI=1S/C15H30N2O3/c1-14(2,3)20-13(19)16-8-12(11-6-7-11)17-9-15(4,5)10-18/h11-12,17-18H,6-10H2,1-5H3,(H,16,19). The molecule has 118 valence electrons. The molecule has 5 heteroatoms. The number of rotatable bonds is 7. The first-order valence-corrected chi connectivity index (χ1v) is 7.44. The largest absolute Gasteiger partial charge is 0.444 e. The molecule has 5 nitrogen and oxygen atoms in total. The van der Waals surface area contributed by atoms with Gasteiger partial charge >= 0.3 is 6.09 Å². The zero-order chi connectivity index (χ0) is 15.4. The lowest BCUT2D eigenvalue weighted by Gasteiger charge is -2.27. The molecule has 20 heavy (non-hydrogen) atoms. The van der Waals surface area contributed by atoms with Crippen LogP contribution in [0, 0.1) is 11.3 Å². The van der Waals surface area contributed by atoms with E-state index in [1.165, 1.54) is 12.8 Å². The van der Waals surface area contributed by atoms with Crippen molar-refractivity contribution in [2.24, 2.45) is 11.3 Å². The molecule has 1 atom stereocenters. The maximum absolute atomic E-state index is 11.7. The lowest BCUT2D eigenvalue weighted by molar-refractivity contribution is 0.0519. The molecule has 1 rings (SSSR count). The van der Waals surface area contributed by atoms with E-state index in [0.29, 0.717) is 12.5 Å². The summed E-state index contributed by atoms with van der Waals surface area (Å²) in [5.41, 5.74) is -0.607. The molecule has 1 unspecified atom stereocenters. The van der Waals surface area contributed by atoms with Crippen LogP contribution in [0.1, 0.15) is 47.5 Å². The Balaban J connectivity index is 2.35. The van der Waals surface area contributed by atoms with Gasteiger partial charge in [-0.3, -0.25) is 0 Å². The molecule has 0 aromatic carbocycles. The van der Waals surface area contributed by atoms with Gasteiger partial charge in [0.25, 0.3) is 0 Å². The van der Waals surface area contributed by atoms with Crippen LogP contribution in [0.15, 0.2) is 0 Å². The second-order valence-corrected chi connectivity index (χ2v) is 7.53. The fourth-order valence-electron chi connectivity index (χ4n) is 1.87. The SMILES string of the molecule is CC(C)(CO)CNC(CNC(=O)OC(C)(C)C)C1CC1. The molecule has 0 aromatic heterocycles. The van der Waals surface area contributed by atoms with Gasteiger partial charge in [0.2, 0.25) is 0 Å². The number of hydrogen-bond acceptors (Lipinski definition) is 4. The second-order valence-electron chi connectivity index (χ2n) is 7.53. The van der Waals surface area contributed by atoms with Crippen molar-refractivity contribution in [1.82, 2.24) is 10.6 Å². The Hall–Kier alpha value is -0.810. The van der Waals surface area contributed by atoms with Crippen molar-refractivity contribution < 1.29 is 14.6 Å². The second kappa shape index (κ2) is 6.76. The minimum absolute atomic E-state index is 0.140. The van der Waals surface area contributed by atoms with Crippen molar-refractivity contribution >= 4 is 6.09 Å². The number of carbonyl (C=O) groups is 1. The lowest BCUT2D eigenvalue weighted by atomic mass is 9.94. The predicted molar refractivity (Wildman–Crippen MR) is 79.6 cm³/mol. The summed E-state index contributed by atoms with van der Waals surface area (Å²) in [6.45, 7) is 11.1. The highest BCUT2D eigenvalue weighted by Gasteiger charge is 2.32. The van der Waals surface area contributed by atoms with Crippen molar-refractivity contribution in [3.63, 3.8) is 0 Å². The normalized spacial score (nSPS) is 17.7. The summed E-state index contributed by atoms with van der Waals surface area (Å²) < 4.78 is 5.24. The number of carbonyl (C=O) groups excluding carboxylic acids is 1. The number of aliphatic hydroxyl groups is 1.